The zero-order chi connectivity index (χ0) is 35.2. The maximum absolute atomic E-state index is 13.2. The predicted octanol–water partition coefficient (Wildman–Crippen LogP) is 5.07. The number of benzene rings is 3. The van der Waals surface area contributed by atoms with E-state index in [0.717, 1.165) is 34.6 Å². The van der Waals surface area contributed by atoms with Gasteiger partial charge in [0.05, 0.1) is 23.5 Å². The van der Waals surface area contributed by atoms with E-state index in [0.29, 0.717) is 23.0 Å². The first-order chi connectivity index (χ1) is 24.0. The fraction of sp³-hybridized carbons (Fsp3) is 0.316. The van der Waals surface area contributed by atoms with Gasteiger partial charge in [-0.3, -0.25) is 29.4 Å². The molecule has 1 aromatic heterocycles. The van der Waals surface area contributed by atoms with Gasteiger partial charge < -0.3 is 19.9 Å². The molecule has 2 atom stereocenters. The van der Waals surface area contributed by atoms with E-state index >= 15 is 0 Å². The Bertz CT molecular complexity index is 1950. The Labute approximate surface area is 288 Å². The molecule has 7 rings (SSSR count). The maximum atomic E-state index is 13.2. The molecule has 0 bridgehead atoms. The molecule has 2 unspecified atom stereocenters. The molecule has 3 N–H and O–H groups in total. The molecule has 4 aromatic rings. The van der Waals surface area contributed by atoms with Crippen LogP contribution in [0.2, 0.25) is 0 Å². The van der Waals surface area contributed by atoms with Crippen LogP contribution in [0, 0.1) is 0 Å². The third-order valence-electron chi connectivity index (χ3n) is 9.62. The fourth-order valence-electron chi connectivity index (χ4n) is 6.56. The van der Waals surface area contributed by atoms with Gasteiger partial charge in [-0.15, -0.1) is 0 Å². The molecule has 256 valence electrons. The van der Waals surface area contributed by atoms with Crippen LogP contribution in [0.15, 0.2) is 79.1 Å². The zero-order valence-electron chi connectivity index (χ0n) is 27.9. The molecule has 2 fully saturated rings. The average Bonchev–Trinajstić information content (AvgIpc) is 3.32. The number of carbonyl (C=O) groups excluding carboxylic acids is 4. The Kier molecular flexibility index (Phi) is 8.56. The number of fused-ring (bicyclic) bond motifs is 1. The van der Waals surface area contributed by atoms with E-state index in [9.17, 15) is 24.3 Å². The summed E-state index contributed by atoms with van der Waals surface area (Å²) in [6, 6.07) is 20.2. The number of amides is 4. The van der Waals surface area contributed by atoms with Gasteiger partial charge in [-0.05, 0) is 66.9 Å². The van der Waals surface area contributed by atoms with Crippen LogP contribution in [0.5, 0.6) is 17.2 Å². The molecule has 12 nitrogen and oxygen atoms in total. The highest BCUT2D eigenvalue weighted by Gasteiger charge is 2.44. The number of aliphatic hydroxyl groups excluding tert-OH is 1. The molecule has 0 spiro atoms. The van der Waals surface area contributed by atoms with E-state index in [-0.39, 0.29) is 41.5 Å². The summed E-state index contributed by atoms with van der Waals surface area (Å²) in [5, 5.41) is 15.2. The van der Waals surface area contributed by atoms with Gasteiger partial charge in [0, 0.05) is 36.4 Å². The number of nitrogens with zero attached hydrogens (tertiary/aromatic N) is 3. The minimum Gasteiger partial charge on any atom is -0.490 e. The van der Waals surface area contributed by atoms with Gasteiger partial charge in [0.15, 0.2) is 11.6 Å². The molecule has 0 radical (unpaired) electrons. The number of anilines is 1. The number of rotatable bonds is 10. The van der Waals surface area contributed by atoms with Crippen molar-refractivity contribution in [2.45, 2.75) is 76.2 Å². The molecule has 50 heavy (non-hydrogen) atoms. The van der Waals surface area contributed by atoms with E-state index in [1.807, 2.05) is 36.4 Å². The molecule has 1 saturated heterocycles. The summed E-state index contributed by atoms with van der Waals surface area (Å²) in [5.74, 6) is 0.202. The Morgan fingerprint density at radius 2 is 1.48 bits per heavy atom. The summed E-state index contributed by atoms with van der Waals surface area (Å²) >= 11 is 0. The first kappa shape index (κ1) is 32.9. The average molecular weight is 676 g/mol. The molecule has 3 aliphatic rings. The van der Waals surface area contributed by atoms with Crippen LogP contribution >= 0.6 is 0 Å². The summed E-state index contributed by atoms with van der Waals surface area (Å²) in [6.07, 6.45) is 4.12. The summed E-state index contributed by atoms with van der Waals surface area (Å²) in [5.41, 5.74) is 3.20. The van der Waals surface area contributed by atoms with Gasteiger partial charge in [-0.25, -0.2) is 9.97 Å². The number of piperidine rings is 1. The van der Waals surface area contributed by atoms with Gasteiger partial charge in [0.25, 0.3) is 11.8 Å². The molecule has 1 aliphatic carbocycles. The van der Waals surface area contributed by atoms with Crippen molar-refractivity contribution in [3.05, 3.63) is 107 Å². The van der Waals surface area contributed by atoms with Gasteiger partial charge >= 0.3 is 0 Å². The quantitative estimate of drug-likeness (QED) is 0.194. The van der Waals surface area contributed by atoms with Crippen molar-refractivity contribution in [2.24, 2.45) is 0 Å². The van der Waals surface area contributed by atoms with Gasteiger partial charge in [-0.2, -0.15) is 0 Å². The minimum absolute atomic E-state index is 0.0354. The molecule has 2 aliphatic heterocycles. The van der Waals surface area contributed by atoms with Crippen molar-refractivity contribution in [2.75, 3.05) is 5.32 Å². The molecular formula is C38H37N5O7. The lowest BCUT2D eigenvalue weighted by Gasteiger charge is -2.36. The van der Waals surface area contributed by atoms with Crippen molar-refractivity contribution in [1.82, 2.24) is 20.2 Å². The van der Waals surface area contributed by atoms with Crippen LogP contribution in [-0.2, 0) is 15.0 Å². The second-order valence-electron chi connectivity index (χ2n) is 13.5. The van der Waals surface area contributed by atoms with Crippen LogP contribution in [0.1, 0.15) is 90.2 Å². The van der Waals surface area contributed by atoms with Gasteiger partial charge in [0.2, 0.25) is 11.8 Å². The monoisotopic (exact) mass is 675 g/mol. The Morgan fingerprint density at radius 1 is 0.860 bits per heavy atom. The number of imide groups is 2. The van der Waals surface area contributed by atoms with Crippen molar-refractivity contribution >= 4 is 29.3 Å². The van der Waals surface area contributed by atoms with E-state index in [1.165, 1.54) is 0 Å². The number of aromatic nitrogens is 2. The molecule has 1 saturated carbocycles. The summed E-state index contributed by atoms with van der Waals surface area (Å²) < 4.78 is 12.1. The molecular weight excluding hydrogens is 638 g/mol. The highest BCUT2D eigenvalue weighted by Crippen LogP contribution is 2.36. The standard InChI is InChI=1S/C38H37N5O7/c1-21(44)34-39-19-29(20-40-34)50-27-11-6-23(7-12-27)38(2,3)22-4-9-26(10-5-22)49-28-16-25(17-28)41-24-8-13-30-31(18-24)37(48)43(36(30)47)32-14-15-33(45)42-35(32)46/h4-13,18-21,25,28,32,41,44H,14-17H2,1-3H3,(H,42,45,46). The van der Waals surface area contributed by atoms with Crippen LogP contribution in [-0.4, -0.2) is 61.8 Å². The van der Waals surface area contributed by atoms with Crippen molar-refractivity contribution in [3.63, 3.8) is 0 Å². The first-order valence-electron chi connectivity index (χ1n) is 16.6. The molecule has 3 heterocycles. The molecule has 12 heteroatoms. The minimum atomic E-state index is -0.989. The zero-order valence-corrected chi connectivity index (χ0v) is 27.9. The summed E-state index contributed by atoms with van der Waals surface area (Å²) in [7, 11) is 0. The normalized spacial score (nSPS) is 20.9. The van der Waals surface area contributed by atoms with Crippen LogP contribution < -0.4 is 20.1 Å². The number of carbonyl (C=O) groups is 4. The lowest BCUT2D eigenvalue weighted by Crippen LogP contribution is -2.54. The third-order valence-corrected chi connectivity index (χ3v) is 9.62. The Morgan fingerprint density at radius 3 is 2.10 bits per heavy atom. The van der Waals surface area contributed by atoms with E-state index in [1.54, 1.807) is 37.5 Å². The van der Waals surface area contributed by atoms with Crippen molar-refractivity contribution in [3.8, 4) is 17.2 Å². The SMILES string of the molecule is CC(O)c1ncc(Oc2ccc(C(C)(C)c3ccc(OC4CC(Nc5ccc6c(c5)C(=O)N(C5CCC(=O)NC5=O)C6=O)C4)cc3)cc2)cn1. The molecule has 4 amide bonds. The lowest BCUT2D eigenvalue weighted by atomic mass is 9.78. The number of hydrogen-bond donors (Lipinski definition) is 3. The van der Waals surface area contributed by atoms with Crippen LogP contribution in [0.3, 0.4) is 0 Å². The van der Waals surface area contributed by atoms with E-state index < -0.39 is 35.8 Å². The predicted molar refractivity (Wildman–Crippen MR) is 182 cm³/mol. The Hall–Kier alpha value is -5.62. The smallest absolute Gasteiger partial charge is 0.262 e. The van der Waals surface area contributed by atoms with Crippen LogP contribution in [0.4, 0.5) is 5.69 Å². The van der Waals surface area contributed by atoms with Crippen molar-refractivity contribution in [1.29, 1.82) is 0 Å². The Balaban J connectivity index is 0.910. The third kappa shape index (κ3) is 6.41. The largest absolute Gasteiger partial charge is 0.490 e. The van der Waals surface area contributed by atoms with Crippen molar-refractivity contribution < 1.29 is 33.8 Å². The topological polar surface area (TPSA) is 160 Å². The molecule has 3 aromatic carbocycles. The highest BCUT2D eigenvalue weighted by atomic mass is 16.5. The number of ether oxygens (including phenoxy) is 2. The summed E-state index contributed by atoms with van der Waals surface area (Å²) in [4.78, 5) is 59.2. The summed E-state index contributed by atoms with van der Waals surface area (Å²) in [6.45, 7) is 5.94. The highest BCUT2D eigenvalue weighted by molar-refractivity contribution is 6.23. The number of hydrogen-bond acceptors (Lipinski definition) is 10. The first-order valence-corrected chi connectivity index (χ1v) is 16.6. The number of aliphatic hydroxyl groups is 1. The van der Waals surface area contributed by atoms with Crippen LogP contribution in [0.25, 0.3) is 0 Å². The van der Waals surface area contributed by atoms with E-state index in [4.69, 9.17) is 9.47 Å². The second kappa shape index (κ2) is 13.0. The lowest BCUT2D eigenvalue weighted by molar-refractivity contribution is -0.136. The van der Waals surface area contributed by atoms with Gasteiger partial charge in [0.1, 0.15) is 29.7 Å². The van der Waals surface area contributed by atoms with E-state index in [2.05, 4.69) is 46.6 Å². The van der Waals surface area contributed by atoms with Gasteiger partial charge in [-0.1, -0.05) is 38.1 Å². The maximum Gasteiger partial charge on any atom is 0.262 e. The number of nitrogens with one attached hydrogen (secondary N) is 2. The second-order valence-corrected chi connectivity index (χ2v) is 13.5. The fourth-order valence-corrected chi connectivity index (χ4v) is 6.56.